The predicted octanol–water partition coefficient (Wildman–Crippen LogP) is 3.83. The molecule has 1 aliphatic heterocycles. The summed E-state index contributed by atoms with van der Waals surface area (Å²) in [6.45, 7) is -0.520. The van der Waals surface area contributed by atoms with E-state index < -0.39 is 23.6 Å². The number of hydrogen-bond acceptors (Lipinski definition) is 5. The Morgan fingerprint density at radius 1 is 1.29 bits per heavy atom. The number of rotatable bonds is 6. The fraction of sp³-hybridized carbons (Fsp3) is 0.182. The van der Waals surface area contributed by atoms with E-state index in [0.29, 0.717) is 11.3 Å². The quantitative estimate of drug-likeness (QED) is 0.600. The first kappa shape index (κ1) is 21.0. The van der Waals surface area contributed by atoms with Gasteiger partial charge in [0.2, 0.25) is 5.91 Å². The van der Waals surface area contributed by atoms with Gasteiger partial charge in [-0.15, -0.1) is 0 Å². The van der Waals surface area contributed by atoms with Crippen molar-refractivity contribution in [1.29, 1.82) is 0 Å². The Morgan fingerprint density at radius 3 is 2.77 bits per heavy atom. The lowest BCUT2D eigenvalue weighted by atomic mass is 9.91. The van der Waals surface area contributed by atoms with Gasteiger partial charge in [-0.05, 0) is 24.3 Å². The highest BCUT2D eigenvalue weighted by molar-refractivity contribution is 6.34. The molecule has 0 radical (unpaired) electrons. The summed E-state index contributed by atoms with van der Waals surface area (Å²) in [6.07, 6.45) is 1.28. The van der Waals surface area contributed by atoms with Crippen molar-refractivity contribution in [1.82, 2.24) is 4.98 Å². The number of halogens is 3. The molecule has 1 amide bonds. The molecule has 31 heavy (non-hydrogen) atoms. The molecule has 2 aromatic carbocycles. The van der Waals surface area contributed by atoms with Gasteiger partial charge in [0.05, 0.1) is 22.9 Å². The topological polar surface area (TPSA) is 94.7 Å². The Balaban J connectivity index is 1.91. The second kappa shape index (κ2) is 8.49. The van der Waals surface area contributed by atoms with Crippen molar-refractivity contribution in [3.8, 4) is 22.6 Å². The van der Waals surface area contributed by atoms with Crippen molar-refractivity contribution in [2.45, 2.75) is 12.5 Å². The predicted molar refractivity (Wildman–Crippen MR) is 109 cm³/mol. The number of aliphatic hydroxyl groups excluding tert-OH is 1. The van der Waals surface area contributed by atoms with Gasteiger partial charge in [0, 0.05) is 35.4 Å². The lowest BCUT2D eigenvalue weighted by molar-refractivity contribution is 0.100. The summed E-state index contributed by atoms with van der Waals surface area (Å²) in [7, 11) is 0. The van der Waals surface area contributed by atoms with Crippen molar-refractivity contribution in [2.24, 2.45) is 5.73 Å². The van der Waals surface area contributed by atoms with Crippen LogP contribution in [0.5, 0.6) is 11.5 Å². The summed E-state index contributed by atoms with van der Waals surface area (Å²) in [4.78, 5) is 16.3. The Kier molecular flexibility index (Phi) is 5.75. The Bertz CT molecular complexity index is 1160. The van der Waals surface area contributed by atoms with Crippen LogP contribution in [0, 0.1) is 11.6 Å². The number of primary amides is 1. The lowest BCUT2D eigenvalue weighted by Gasteiger charge is -2.16. The number of benzene rings is 2. The van der Waals surface area contributed by atoms with E-state index in [1.165, 1.54) is 12.1 Å². The number of aliphatic hydroxyl groups is 1. The van der Waals surface area contributed by atoms with Crippen LogP contribution in [-0.4, -0.2) is 29.2 Å². The number of aromatic nitrogens is 1. The average molecular weight is 447 g/mol. The monoisotopic (exact) mass is 446 g/mol. The van der Waals surface area contributed by atoms with Gasteiger partial charge in [-0.25, -0.2) is 8.78 Å². The summed E-state index contributed by atoms with van der Waals surface area (Å²) in [6, 6.07) is 8.91. The maximum absolute atomic E-state index is 15.5. The number of ether oxygens (including phenoxy) is 2. The highest BCUT2D eigenvalue weighted by Crippen LogP contribution is 2.48. The van der Waals surface area contributed by atoms with E-state index in [4.69, 9.17) is 31.9 Å². The normalized spacial score (nSPS) is 14.8. The molecular formula is C22H17ClF2N2O4. The molecule has 1 aromatic heterocycles. The van der Waals surface area contributed by atoms with Crippen molar-refractivity contribution < 1.29 is 28.2 Å². The minimum absolute atomic E-state index is 0.0316. The molecule has 3 aromatic rings. The number of carbonyl (C=O) groups is 1. The van der Waals surface area contributed by atoms with Gasteiger partial charge in [0.1, 0.15) is 24.3 Å². The molecule has 0 aliphatic carbocycles. The van der Waals surface area contributed by atoms with Crippen LogP contribution in [0.3, 0.4) is 0 Å². The van der Waals surface area contributed by atoms with Crippen LogP contribution in [-0.2, 0) is 6.42 Å². The van der Waals surface area contributed by atoms with Crippen molar-refractivity contribution in [2.75, 3.05) is 13.2 Å². The van der Waals surface area contributed by atoms with Crippen LogP contribution in [0.1, 0.15) is 27.7 Å². The molecule has 2 heterocycles. The van der Waals surface area contributed by atoms with E-state index in [-0.39, 0.29) is 52.8 Å². The molecule has 0 bridgehead atoms. The largest absolute Gasteiger partial charge is 0.488 e. The first-order chi connectivity index (χ1) is 14.9. The first-order valence-electron chi connectivity index (χ1n) is 9.37. The van der Waals surface area contributed by atoms with E-state index in [9.17, 15) is 9.18 Å². The van der Waals surface area contributed by atoms with Crippen LogP contribution >= 0.6 is 11.6 Å². The molecular weight excluding hydrogens is 430 g/mol. The minimum Gasteiger partial charge on any atom is -0.488 e. The molecule has 0 saturated carbocycles. The third kappa shape index (κ3) is 3.80. The summed E-state index contributed by atoms with van der Waals surface area (Å²) >= 11 is 6.26. The summed E-state index contributed by atoms with van der Waals surface area (Å²) in [5.74, 6) is -2.77. The van der Waals surface area contributed by atoms with E-state index in [2.05, 4.69) is 4.98 Å². The molecule has 4 rings (SSSR count). The van der Waals surface area contributed by atoms with E-state index in [1.807, 2.05) is 0 Å². The fourth-order valence-corrected chi connectivity index (χ4v) is 3.86. The summed E-state index contributed by atoms with van der Waals surface area (Å²) in [5, 5.41) is 8.61. The molecule has 1 aliphatic rings. The van der Waals surface area contributed by atoms with Gasteiger partial charge in [0.15, 0.2) is 11.6 Å². The highest BCUT2D eigenvalue weighted by atomic mass is 35.5. The standard InChI is InChI=1S/C22H17ClF2N2O4/c23-20-13(24)10-16-12(9-17(31-16)14-3-1-2-6-27-14)18(20)19-11(22(26)29)4-5-15(21(19)25)30-8-7-28/h1-6,10,17,28H,7-9H2,(H2,26,29). The molecule has 0 spiro atoms. The number of carbonyl (C=O) groups excluding carboxylic acids is 1. The molecule has 0 saturated heterocycles. The van der Waals surface area contributed by atoms with Crippen LogP contribution in [0.25, 0.3) is 11.1 Å². The third-order valence-corrected chi connectivity index (χ3v) is 5.30. The number of hydrogen-bond donors (Lipinski definition) is 2. The fourth-order valence-electron chi connectivity index (χ4n) is 3.59. The molecule has 1 atom stereocenters. The minimum atomic E-state index is -0.944. The Labute approximate surface area is 181 Å². The average Bonchev–Trinajstić information content (AvgIpc) is 3.18. The maximum Gasteiger partial charge on any atom is 0.249 e. The van der Waals surface area contributed by atoms with E-state index in [1.54, 1.807) is 24.4 Å². The summed E-state index contributed by atoms with van der Waals surface area (Å²) < 4.78 is 41.2. The zero-order chi connectivity index (χ0) is 22.1. The molecule has 0 fully saturated rings. The van der Waals surface area contributed by atoms with Crippen molar-refractivity contribution in [3.05, 3.63) is 76.1 Å². The third-order valence-electron chi connectivity index (χ3n) is 4.93. The van der Waals surface area contributed by atoms with Gasteiger partial charge in [-0.1, -0.05) is 17.7 Å². The molecule has 3 N–H and O–H groups in total. The zero-order valence-corrected chi connectivity index (χ0v) is 16.8. The number of nitrogens with two attached hydrogens (primary N) is 1. The van der Waals surface area contributed by atoms with Gasteiger partial charge in [-0.2, -0.15) is 0 Å². The second-order valence-corrected chi connectivity index (χ2v) is 7.20. The number of nitrogens with zero attached hydrogens (tertiary/aromatic N) is 1. The number of pyridine rings is 1. The molecule has 160 valence electrons. The van der Waals surface area contributed by atoms with Gasteiger partial charge < -0.3 is 20.3 Å². The second-order valence-electron chi connectivity index (χ2n) is 6.83. The van der Waals surface area contributed by atoms with Crippen molar-refractivity contribution in [3.63, 3.8) is 0 Å². The maximum atomic E-state index is 15.5. The van der Waals surface area contributed by atoms with E-state index in [0.717, 1.165) is 6.07 Å². The Morgan fingerprint density at radius 2 is 2.10 bits per heavy atom. The van der Waals surface area contributed by atoms with Gasteiger partial charge in [0.25, 0.3) is 0 Å². The molecule has 6 nitrogen and oxygen atoms in total. The first-order valence-corrected chi connectivity index (χ1v) is 9.75. The zero-order valence-electron chi connectivity index (χ0n) is 16.1. The van der Waals surface area contributed by atoms with Crippen LogP contribution in [0.15, 0.2) is 42.6 Å². The van der Waals surface area contributed by atoms with Crippen LogP contribution in [0.2, 0.25) is 5.02 Å². The highest BCUT2D eigenvalue weighted by Gasteiger charge is 2.34. The summed E-state index contributed by atoms with van der Waals surface area (Å²) in [5.41, 5.74) is 5.98. The van der Waals surface area contributed by atoms with Gasteiger partial charge in [-0.3, -0.25) is 9.78 Å². The molecule has 9 heteroatoms. The number of amides is 1. The van der Waals surface area contributed by atoms with E-state index >= 15 is 4.39 Å². The smallest absolute Gasteiger partial charge is 0.249 e. The SMILES string of the molecule is NC(=O)c1ccc(OCCO)c(F)c1-c1c(Cl)c(F)cc2c1CC(c1ccccn1)O2. The number of fused-ring (bicyclic) bond motifs is 1. The van der Waals surface area contributed by atoms with Crippen LogP contribution in [0.4, 0.5) is 8.78 Å². The van der Waals surface area contributed by atoms with Crippen LogP contribution < -0.4 is 15.2 Å². The molecule has 1 unspecified atom stereocenters. The van der Waals surface area contributed by atoms with Crippen molar-refractivity contribution >= 4 is 17.5 Å². The Hall–Kier alpha value is -3.23. The lowest BCUT2D eigenvalue weighted by Crippen LogP contribution is -2.15. The van der Waals surface area contributed by atoms with Gasteiger partial charge >= 0.3 is 0 Å².